The zero-order valence-electron chi connectivity index (χ0n) is 18.6. The van der Waals surface area contributed by atoms with Gasteiger partial charge in [-0.25, -0.2) is 14.8 Å². The SMILES string of the molecule is CCOC(=O)CCN(Cc1ccc(OC)cc1OC)c1nc(C)ncc1C(=O)OCC. The molecule has 0 aliphatic rings. The van der Waals surface area contributed by atoms with Crippen LogP contribution in [0.4, 0.5) is 5.82 Å². The molecular formula is C22H29N3O6. The molecular weight excluding hydrogens is 402 g/mol. The Bertz CT molecular complexity index is 903. The summed E-state index contributed by atoms with van der Waals surface area (Å²) in [5.74, 6) is 1.28. The number of anilines is 1. The predicted molar refractivity (Wildman–Crippen MR) is 115 cm³/mol. The number of benzene rings is 1. The van der Waals surface area contributed by atoms with Crippen LogP contribution < -0.4 is 14.4 Å². The van der Waals surface area contributed by atoms with Crippen molar-refractivity contribution in [1.29, 1.82) is 0 Å². The van der Waals surface area contributed by atoms with Crippen LogP contribution >= 0.6 is 0 Å². The highest BCUT2D eigenvalue weighted by Crippen LogP contribution is 2.28. The fourth-order valence-corrected chi connectivity index (χ4v) is 2.96. The molecule has 2 rings (SSSR count). The summed E-state index contributed by atoms with van der Waals surface area (Å²) < 4.78 is 21.0. The van der Waals surface area contributed by atoms with E-state index in [0.717, 1.165) is 5.56 Å². The predicted octanol–water partition coefficient (Wildman–Crippen LogP) is 2.94. The van der Waals surface area contributed by atoms with Gasteiger partial charge in [-0.2, -0.15) is 0 Å². The van der Waals surface area contributed by atoms with Crippen molar-refractivity contribution in [3.05, 3.63) is 41.3 Å². The van der Waals surface area contributed by atoms with Crippen LogP contribution in [-0.4, -0.2) is 55.9 Å². The van der Waals surface area contributed by atoms with Gasteiger partial charge in [-0.3, -0.25) is 4.79 Å². The van der Waals surface area contributed by atoms with Gasteiger partial charge in [0.15, 0.2) is 0 Å². The molecule has 168 valence electrons. The van der Waals surface area contributed by atoms with Crippen LogP contribution in [-0.2, 0) is 20.8 Å². The van der Waals surface area contributed by atoms with E-state index in [1.165, 1.54) is 6.20 Å². The van der Waals surface area contributed by atoms with Gasteiger partial charge in [0.05, 0.1) is 33.9 Å². The van der Waals surface area contributed by atoms with Crippen LogP contribution in [0.25, 0.3) is 0 Å². The Balaban J connectivity index is 2.45. The number of rotatable bonds is 11. The summed E-state index contributed by atoms with van der Waals surface area (Å²) in [5, 5.41) is 0. The van der Waals surface area contributed by atoms with Crippen molar-refractivity contribution >= 4 is 17.8 Å². The van der Waals surface area contributed by atoms with Crippen molar-refractivity contribution in [2.45, 2.75) is 33.7 Å². The van der Waals surface area contributed by atoms with Crippen molar-refractivity contribution in [3.8, 4) is 11.5 Å². The van der Waals surface area contributed by atoms with Gasteiger partial charge in [0.25, 0.3) is 0 Å². The monoisotopic (exact) mass is 431 g/mol. The van der Waals surface area contributed by atoms with Crippen molar-refractivity contribution < 1.29 is 28.5 Å². The molecule has 0 aliphatic heterocycles. The number of esters is 2. The molecule has 1 aromatic carbocycles. The first-order chi connectivity index (χ1) is 14.9. The summed E-state index contributed by atoms with van der Waals surface area (Å²) in [4.78, 5) is 35.0. The van der Waals surface area contributed by atoms with Gasteiger partial charge in [0.1, 0.15) is 28.7 Å². The zero-order chi connectivity index (χ0) is 22.8. The first-order valence-electron chi connectivity index (χ1n) is 10.1. The summed E-state index contributed by atoms with van der Waals surface area (Å²) in [6, 6.07) is 5.46. The van der Waals surface area contributed by atoms with Crippen molar-refractivity contribution in [1.82, 2.24) is 9.97 Å². The first-order valence-corrected chi connectivity index (χ1v) is 10.1. The summed E-state index contributed by atoms with van der Waals surface area (Å²) in [5.41, 5.74) is 1.06. The molecule has 31 heavy (non-hydrogen) atoms. The van der Waals surface area contributed by atoms with Gasteiger partial charge in [-0.05, 0) is 32.9 Å². The highest BCUT2D eigenvalue weighted by Gasteiger charge is 2.23. The largest absolute Gasteiger partial charge is 0.497 e. The average molecular weight is 431 g/mol. The van der Waals surface area contributed by atoms with Crippen molar-refractivity contribution in [2.24, 2.45) is 0 Å². The fourth-order valence-electron chi connectivity index (χ4n) is 2.96. The molecule has 2 aromatic rings. The highest BCUT2D eigenvalue weighted by atomic mass is 16.5. The Morgan fingerprint density at radius 3 is 2.45 bits per heavy atom. The third kappa shape index (κ3) is 6.56. The molecule has 0 unspecified atom stereocenters. The van der Waals surface area contributed by atoms with Crippen LogP contribution in [0.3, 0.4) is 0 Å². The molecule has 0 bridgehead atoms. The van der Waals surface area contributed by atoms with E-state index in [-0.39, 0.29) is 31.1 Å². The minimum atomic E-state index is -0.527. The third-order valence-corrected chi connectivity index (χ3v) is 4.43. The molecule has 0 saturated heterocycles. The Hall–Kier alpha value is -3.36. The van der Waals surface area contributed by atoms with E-state index in [4.69, 9.17) is 18.9 Å². The van der Waals surface area contributed by atoms with Crippen LogP contribution in [0.2, 0.25) is 0 Å². The van der Waals surface area contributed by atoms with Gasteiger partial charge in [-0.1, -0.05) is 0 Å². The number of ether oxygens (including phenoxy) is 4. The fraction of sp³-hybridized carbons (Fsp3) is 0.455. The Kier molecular flexibility index (Phi) is 9.05. The minimum Gasteiger partial charge on any atom is -0.497 e. The molecule has 1 heterocycles. The molecule has 0 aliphatic carbocycles. The van der Waals surface area contributed by atoms with Gasteiger partial charge in [-0.15, -0.1) is 0 Å². The van der Waals surface area contributed by atoms with Gasteiger partial charge in [0, 0.05) is 30.9 Å². The standard InChI is InChI=1S/C22H29N3O6/c1-6-30-20(26)10-11-25(14-16-8-9-17(28-4)12-19(16)29-5)21-18(22(27)31-7-2)13-23-15(3)24-21/h8-9,12-13H,6-7,10-11,14H2,1-5H3. The molecule has 0 radical (unpaired) electrons. The van der Waals surface area contributed by atoms with E-state index >= 15 is 0 Å². The second-order valence-electron chi connectivity index (χ2n) is 6.53. The quantitative estimate of drug-likeness (QED) is 0.497. The lowest BCUT2D eigenvalue weighted by molar-refractivity contribution is -0.142. The molecule has 9 heteroatoms. The first kappa shape index (κ1) is 23.9. The maximum atomic E-state index is 12.5. The maximum absolute atomic E-state index is 12.5. The molecule has 1 aromatic heterocycles. The average Bonchev–Trinajstić information content (AvgIpc) is 2.76. The number of carbonyl (C=O) groups excluding carboxylic acids is 2. The van der Waals surface area contributed by atoms with Gasteiger partial charge in [0.2, 0.25) is 0 Å². The van der Waals surface area contributed by atoms with Crippen LogP contribution in [0.1, 0.15) is 42.0 Å². The second kappa shape index (κ2) is 11.7. The van der Waals surface area contributed by atoms with E-state index in [1.54, 1.807) is 41.1 Å². The number of nitrogens with zero attached hydrogens (tertiary/aromatic N) is 3. The topological polar surface area (TPSA) is 100 Å². The van der Waals surface area contributed by atoms with E-state index in [0.29, 0.717) is 36.3 Å². The van der Waals surface area contributed by atoms with Gasteiger partial charge < -0.3 is 23.8 Å². The van der Waals surface area contributed by atoms with E-state index in [2.05, 4.69) is 9.97 Å². The van der Waals surface area contributed by atoms with Crippen molar-refractivity contribution in [3.63, 3.8) is 0 Å². The molecule has 0 spiro atoms. The minimum absolute atomic E-state index is 0.123. The van der Waals surface area contributed by atoms with E-state index in [9.17, 15) is 9.59 Å². The van der Waals surface area contributed by atoms with E-state index in [1.807, 2.05) is 17.0 Å². The molecule has 0 saturated carbocycles. The zero-order valence-corrected chi connectivity index (χ0v) is 18.6. The molecule has 0 amide bonds. The number of hydrogen-bond acceptors (Lipinski definition) is 9. The molecule has 0 fully saturated rings. The number of methoxy groups -OCH3 is 2. The lowest BCUT2D eigenvalue weighted by atomic mass is 10.1. The highest BCUT2D eigenvalue weighted by molar-refractivity contribution is 5.94. The van der Waals surface area contributed by atoms with Crippen LogP contribution in [0.15, 0.2) is 24.4 Å². The number of carbonyl (C=O) groups is 2. The van der Waals surface area contributed by atoms with Crippen molar-refractivity contribution in [2.75, 3.05) is 38.9 Å². The number of aryl methyl sites for hydroxylation is 1. The second-order valence-corrected chi connectivity index (χ2v) is 6.53. The van der Waals surface area contributed by atoms with Crippen LogP contribution in [0, 0.1) is 6.92 Å². The molecule has 0 N–H and O–H groups in total. The lowest BCUT2D eigenvalue weighted by Gasteiger charge is -2.26. The smallest absolute Gasteiger partial charge is 0.343 e. The number of hydrogen-bond donors (Lipinski definition) is 0. The number of aromatic nitrogens is 2. The maximum Gasteiger partial charge on any atom is 0.343 e. The van der Waals surface area contributed by atoms with Crippen LogP contribution in [0.5, 0.6) is 11.5 Å². The summed E-state index contributed by atoms with van der Waals surface area (Å²) in [7, 11) is 3.15. The van der Waals surface area contributed by atoms with E-state index < -0.39 is 5.97 Å². The van der Waals surface area contributed by atoms with Gasteiger partial charge >= 0.3 is 11.9 Å². The Morgan fingerprint density at radius 1 is 1.06 bits per heavy atom. The Morgan fingerprint density at radius 2 is 1.81 bits per heavy atom. The Labute approximate surface area is 182 Å². The summed E-state index contributed by atoms with van der Waals surface area (Å²) in [6.07, 6.45) is 1.57. The summed E-state index contributed by atoms with van der Waals surface area (Å²) >= 11 is 0. The lowest BCUT2D eigenvalue weighted by Crippen LogP contribution is -2.30. The summed E-state index contributed by atoms with van der Waals surface area (Å²) in [6.45, 7) is 6.34. The third-order valence-electron chi connectivity index (χ3n) is 4.43. The molecule has 0 atom stereocenters. The normalized spacial score (nSPS) is 10.4. The molecule has 9 nitrogen and oxygen atoms in total.